The molecule has 2 rings (SSSR count). The molecule has 0 spiro atoms. The van der Waals surface area contributed by atoms with E-state index in [0.717, 1.165) is 5.69 Å². The van der Waals surface area contributed by atoms with Crippen LogP contribution in [-0.2, 0) is 9.59 Å². The molecular formula is C18H24N2O3. The molecule has 0 aliphatic carbocycles. The van der Waals surface area contributed by atoms with Crippen molar-refractivity contribution in [3.05, 3.63) is 29.8 Å². The monoisotopic (exact) mass is 316 g/mol. The predicted octanol–water partition coefficient (Wildman–Crippen LogP) is 2.50. The van der Waals surface area contributed by atoms with E-state index >= 15 is 0 Å². The van der Waals surface area contributed by atoms with Gasteiger partial charge in [0.1, 0.15) is 6.54 Å². The molecule has 0 unspecified atom stereocenters. The molecule has 1 aromatic rings. The zero-order chi connectivity index (χ0) is 17.0. The molecule has 5 heteroatoms. The number of carbonyl (C=O) groups excluding carboxylic acids is 3. The van der Waals surface area contributed by atoms with Gasteiger partial charge in [0.2, 0.25) is 11.8 Å². The van der Waals surface area contributed by atoms with E-state index in [1.165, 1.54) is 0 Å². The number of anilines is 1. The molecule has 0 atom stereocenters. The fourth-order valence-electron chi connectivity index (χ4n) is 2.69. The van der Waals surface area contributed by atoms with Gasteiger partial charge in [-0.3, -0.25) is 14.4 Å². The molecule has 1 saturated heterocycles. The first-order chi connectivity index (χ1) is 10.9. The maximum atomic E-state index is 12.4. The molecule has 0 N–H and O–H groups in total. The number of nitrogens with zero attached hydrogens (tertiary/aromatic N) is 2. The highest BCUT2D eigenvalue weighted by atomic mass is 16.2. The number of rotatable bonds is 5. The molecule has 1 aromatic carbocycles. The minimum Gasteiger partial charge on any atom is -0.332 e. The number of carbonyl (C=O) groups is 3. The van der Waals surface area contributed by atoms with Crippen LogP contribution in [0.5, 0.6) is 0 Å². The van der Waals surface area contributed by atoms with Gasteiger partial charge in [0.25, 0.3) is 0 Å². The lowest BCUT2D eigenvalue weighted by Gasteiger charge is -2.34. The molecule has 0 saturated carbocycles. The van der Waals surface area contributed by atoms with Crippen molar-refractivity contribution in [2.24, 2.45) is 5.92 Å². The summed E-state index contributed by atoms with van der Waals surface area (Å²) in [7, 11) is 0. The molecule has 2 amide bonds. The van der Waals surface area contributed by atoms with Crippen molar-refractivity contribution in [2.75, 3.05) is 24.5 Å². The molecule has 1 heterocycles. The van der Waals surface area contributed by atoms with Crippen LogP contribution in [0.1, 0.15) is 44.0 Å². The van der Waals surface area contributed by atoms with Gasteiger partial charge in [0.15, 0.2) is 5.78 Å². The van der Waals surface area contributed by atoms with Gasteiger partial charge < -0.3 is 9.80 Å². The van der Waals surface area contributed by atoms with Crippen LogP contribution in [0.4, 0.5) is 5.69 Å². The van der Waals surface area contributed by atoms with E-state index in [1.807, 2.05) is 26.8 Å². The van der Waals surface area contributed by atoms with Gasteiger partial charge in [0, 0.05) is 37.2 Å². The number of hydrogen-bond donors (Lipinski definition) is 0. The summed E-state index contributed by atoms with van der Waals surface area (Å²) < 4.78 is 0. The maximum Gasteiger partial charge on any atom is 0.246 e. The van der Waals surface area contributed by atoms with E-state index in [4.69, 9.17) is 0 Å². The Bertz CT molecular complexity index is 610. The van der Waals surface area contributed by atoms with Crippen molar-refractivity contribution in [3.63, 3.8) is 0 Å². The Morgan fingerprint density at radius 2 is 1.96 bits per heavy atom. The molecule has 1 fully saturated rings. The van der Waals surface area contributed by atoms with Crippen LogP contribution in [0.15, 0.2) is 24.3 Å². The molecule has 5 nitrogen and oxygen atoms in total. The van der Waals surface area contributed by atoms with Crippen LogP contribution in [-0.4, -0.2) is 42.1 Å². The Morgan fingerprint density at radius 3 is 2.57 bits per heavy atom. The van der Waals surface area contributed by atoms with Crippen LogP contribution in [0.3, 0.4) is 0 Å². The molecule has 1 aliphatic heterocycles. The van der Waals surface area contributed by atoms with Crippen molar-refractivity contribution in [1.29, 1.82) is 0 Å². The van der Waals surface area contributed by atoms with Gasteiger partial charge in [-0.05, 0) is 18.1 Å². The second-order valence-electron chi connectivity index (χ2n) is 6.29. The first-order valence-corrected chi connectivity index (χ1v) is 8.13. The minimum absolute atomic E-state index is 0.0305. The quantitative estimate of drug-likeness (QED) is 0.784. The summed E-state index contributed by atoms with van der Waals surface area (Å²) in [4.78, 5) is 39.6. The number of ketones is 1. The van der Waals surface area contributed by atoms with Crippen molar-refractivity contribution >= 4 is 23.3 Å². The van der Waals surface area contributed by atoms with E-state index < -0.39 is 0 Å². The summed E-state index contributed by atoms with van der Waals surface area (Å²) in [6.07, 6.45) is 0.905. The number of amides is 2. The van der Waals surface area contributed by atoms with E-state index in [1.54, 1.807) is 28.0 Å². The second kappa shape index (κ2) is 7.40. The Kier molecular flexibility index (Phi) is 5.53. The second-order valence-corrected chi connectivity index (χ2v) is 6.29. The largest absolute Gasteiger partial charge is 0.332 e. The van der Waals surface area contributed by atoms with Gasteiger partial charge >= 0.3 is 0 Å². The number of hydrogen-bond acceptors (Lipinski definition) is 3. The minimum atomic E-state index is -0.102. The highest BCUT2D eigenvalue weighted by Gasteiger charge is 2.28. The molecule has 0 aromatic heterocycles. The van der Waals surface area contributed by atoms with E-state index in [0.29, 0.717) is 31.5 Å². The molecule has 0 bridgehead atoms. The van der Waals surface area contributed by atoms with Gasteiger partial charge in [-0.1, -0.05) is 32.9 Å². The van der Waals surface area contributed by atoms with Crippen molar-refractivity contribution < 1.29 is 14.4 Å². The normalized spacial score (nSPS) is 15.2. The first kappa shape index (κ1) is 17.2. The average Bonchev–Trinajstić information content (AvgIpc) is 2.53. The lowest BCUT2D eigenvalue weighted by molar-refractivity contribution is -0.137. The lowest BCUT2D eigenvalue weighted by Crippen LogP contribution is -2.52. The number of piperazine rings is 1. The Hall–Kier alpha value is -2.17. The Morgan fingerprint density at radius 1 is 1.22 bits per heavy atom. The van der Waals surface area contributed by atoms with Crippen LogP contribution in [0.2, 0.25) is 0 Å². The number of benzene rings is 1. The van der Waals surface area contributed by atoms with Gasteiger partial charge in [0.05, 0.1) is 0 Å². The molecule has 23 heavy (non-hydrogen) atoms. The summed E-state index contributed by atoms with van der Waals surface area (Å²) in [5.74, 6) is 0.273. The van der Waals surface area contributed by atoms with Crippen molar-refractivity contribution in [1.82, 2.24) is 4.90 Å². The summed E-state index contributed by atoms with van der Waals surface area (Å²) in [5.41, 5.74) is 1.35. The van der Waals surface area contributed by atoms with Gasteiger partial charge in [-0.15, -0.1) is 0 Å². The summed E-state index contributed by atoms with van der Waals surface area (Å²) in [6.45, 7) is 6.91. The van der Waals surface area contributed by atoms with Crippen LogP contribution >= 0.6 is 0 Å². The van der Waals surface area contributed by atoms with Crippen LogP contribution < -0.4 is 4.90 Å². The predicted molar refractivity (Wildman–Crippen MR) is 89.5 cm³/mol. The molecular weight excluding hydrogens is 292 g/mol. The third-order valence-corrected chi connectivity index (χ3v) is 3.96. The lowest BCUT2D eigenvalue weighted by atomic mass is 10.1. The van der Waals surface area contributed by atoms with Crippen LogP contribution in [0, 0.1) is 5.92 Å². The van der Waals surface area contributed by atoms with Gasteiger partial charge in [-0.2, -0.15) is 0 Å². The summed E-state index contributed by atoms with van der Waals surface area (Å²) >= 11 is 0. The summed E-state index contributed by atoms with van der Waals surface area (Å²) in [5, 5.41) is 0. The fourth-order valence-corrected chi connectivity index (χ4v) is 2.69. The average molecular weight is 316 g/mol. The van der Waals surface area contributed by atoms with Gasteiger partial charge in [-0.25, -0.2) is 0 Å². The van der Waals surface area contributed by atoms with E-state index in [-0.39, 0.29) is 30.1 Å². The molecule has 0 radical (unpaired) electrons. The van der Waals surface area contributed by atoms with Crippen molar-refractivity contribution in [3.8, 4) is 0 Å². The smallest absolute Gasteiger partial charge is 0.246 e. The first-order valence-electron chi connectivity index (χ1n) is 8.13. The zero-order valence-electron chi connectivity index (χ0n) is 14.0. The standard InChI is InChI=1S/C18H24N2O3/c1-4-16(21)14-6-5-7-15(11-14)20-9-8-19(12-18(20)23)17(22)10-13(2)3/h5-7,11,13H,4,8-10,12H2,1-3H3. The van der Waals surface area contributed by atoms with E-state index in [2.05, 4.69) is 0 Å². The Balaban J connectivity index is 2.08. The fraction of sp³-hybridized carbons (Fsp3) is 0.500. The van der Waals surface area contributed by atoms with E-state index in [9.17, 15) is 14.4 Å². The van der Waals surface area contributed by atoms with Crippen molar-refractivity contribution in [2.45, 2.75) is 33.6 Å². The molecule has 124 valence electrons. The topological polar surface area (TPSA) is 57.7 Å². The molecule has 1 aliphatic rings. The highest BCUT2D eigenvalue weighted by Crippen LogP contribution is 2.20. The third-order valence-electron chi connectivity index (χ3n) is 3.96. The third kappa shape index (κ3) is 4.18. The Labute approximate surface area is 137 Å². The van der Waals surface area contributed by atoms with Crippen LogP contribution in [0.25, 0.3) is 0 Å². The zero-order valence-corrected chi connectivity index (χ0v) is 14.0. The SMILES string of the molecule is CCC(=O)c1cccc(N2CCN(C(=O)CC(C)C)CC2=O)c1. The highest BCUT2D eigenvalue weighted by molar-refractivity contribution is 6.00. The number of Topliss-reactive ketones (excluding diaryl/α,β-unsaturated/α-hetero) is 1. The maximum absolute atomic E-state index is 12.4. The summed E-state index contributed by atoms with van der Waals surface area (Å²) in [6, 6.07) is 7.15.